The first kappa shape index (κ1) is 38.0. The number of ether oxygens (including phenoxy) is 4. The van der Waals surface area contributed by atoms with E-state index in [1.165, 1.54) is 18.2 Å². The fraction of sp³-hybridized carbons (Fsp3) is 0.125. The highest BCUT2D eigenvalue weighted by molar-refractivity contribution is 6.02. The van der Waals surface area contributed by atoms with Gasteiger partial charge >= 0.3 is 17.9 Å². The molecule has 12 nitrogen and oxygen atoms in total. The molecular weight excluding hydrogens is 672 g/mol. The summed E-state index contributed by atoms with van der Waals surface area (Å²) < 4.78 is 21.3. The molecule has 0 radical (unpaired) electrons. The maximum absolute atomic E-state index is 12.5. The van der Waals surface area contributed by atoms with E-state index in [1.54, 1.807) is 60.7 Å². The summed E-state index contributed by atoms with van der Waals surface area (Å²) in [4.78, 5) is 46.4. The van der Waals surface area contributed by atoms with Gasteiger partial charge in [0.25, 0.3) is 0 Å². The minimum absolute atomic E-state index is 0.0197. The maximum atomic E-state index is 12.5. The molecule has 0 aliphatic heterocycles. The van der Waals surface area contributed by atoms with Crippen LogP contribution in [0.25, 0.3) is 0 Å². The molecule has 5 rings (SSSR count). The lowest BCUT2D eigenvalue weighted by molar-refractivity contribution is -0.313. The van der Waals surface area contributed by atoms with Crippen molar-refractivity contribution in [2.24, 2.45) is 0 Å². The number of rotatable bonds is 16. The number of terminal acetylenes is 1. The monoisotopic (exact) mass is 706 g/mol. The number of phenols is 1. The molecule has 5 aromatic rings. The average Bonchev–Trinajstić information content (AvgIpc) is 3.16. The number of hydrogen-bond donors (Lipinski definition) is 3. The second-order valence-electron chi connectivity index (χ2n) is 10.6. The Kier molecular flexibility index (Phi) is 14.6. The van der Waals surface area contributed by atoms with Crippen LogP contribution in [0.1, 0.15) is 47.8 Å². The highest BCUT2D eigenvalue weighted by Gasteiger charge is 2.19. The molecule has 0 saturated heterocycles. The predicted octanol–water partition coefficient (Wildman–Crippen LogP) is 6.91. The fourth-order valence-electron chi connectivity index (χ4n) is 4.42. The second kappa shape index (κ2) is 20.0. The molecule has 0 spiro atoms. The standard InChI is InChI=1S/C34H28O11.C6H6O/c1-2-40-27-14-15-29(31(19-27)33(37)38)34(39)43-20-23-8-10-24(11-9-23)21-44-45-22-25-12-13-28(18-30(25)32(35)36)42-17-16-41-26-6-4-3-5-7-26;7-6-4-2-1-3-5-6/h1,3-15,18-19H,16-17,20-22H2,(H,35,36)(H,37,38);1-5,7H. The smallest absolute Gasteiger partial charge is 0.339 e. The van der Waals surface area contributed by atoms with Gasteiger partial charge in [0.2, 0.25) is 0 Å². The first-order chi connectivity index (χ1) is 25.2. The number of carbonyl (C=O) groups is 3. The third kappa shape index (κ3) is 12.3. The van der Waals surface area contributed by atoms with Gasteiger partial charge in [0.1, 0.15) is 62.1 Å². The number of carboxylic acid groups (broad SMARTS) is 2. The maximum Gasteiger partial charge on any atom is 0.339 e. The van der Waals surface area contributed by atoms with Crippen LogP contribution in [-0.4, -0.2) is 46.4 Å². The summed E-state index contributed by atoms with van der Waals surface area (Å²) in [6.07, 6.45) is 7.00. The molecule has 0 atom stereocenters. The van der Waals surface area contributed by atoms with E-state index in [9.17, 15) is 24.6 Å². The van der Waals surface area contributed by atoms with Gasteiger partial charge in [-0.15, -0.1) is 0 Å². The summed E-state index contributed by atoms with van der Waals surface area (Å²) in [5, 5.41) is 27.7. The van der Waals surface area contributed by atoms with Gasteiger partial charge in [-0.2, -0.15) is 0 Å². The Morgan fingerprint density at radius 3 is 1.73 bits per heavy atom. The lowest BCUT2D eigenvalue weighted by Crippen LogP contribution is -2.12. The van der Waals surface area contributed by atoms with Crippen LogP contribution in [0.15, 0.2) is 121 Å². The Bertz CT molecular complexity index is 1950. The Morgan fingerprint density at radius 2 is 1.13 bits per heavy atom. The van der Waals surface area contributed by atoms with Crippen LogP contribution in [-0.2, 0) is 34.3 Å². The molecule has 52 heavy (non-hydrogen) atoms. The minimum Gasteiger partial charge on any atom is -0.508 e. The van der Waals surface area contributed by atoms with E-state index in [1.807, 2.05) is 42.5 Å². The van der Waals surface area contributed by atoms with Crippen molar-refractivity contribution in [2.45, 2.75) is 19.8 Å². The molecule has 0 fully saturated rings. The zero-order valence-corrected chi connectivity index (χ0v) is 27.7. The first-order valence-corrected chi connectivity index (χ1v) is 15.6. The highest BCUT2D eigenvalue weighted by Crippen LogP contribution is 2.21. The lowest BCUT2D eigenvalue weighted by atomic mass is 10.1. The summed E-state index contributed by atoms with van der Waals surface area (Å²) in [5.41, 5.74) is 1.36. The van der Waals surface area contributed by atoms with Crippen LogP contribution in [0.2, 0.25) is 0 Å². The molecule has 0 bridgehead atoms. The normalized spacial score (nSPS) is 10.1. The lowest BCUT2D eigenvalue weighted by Gasteiger charge is -2.11. The second-order valence-corrected chi connectivity index (χ2v) is 10.6. The highest BCUT2D eigenvalue weighted by atomic mass is 17.2. The minimum atomic E-state index is -1.33. The third-order valence-corrected chi connectivity index (χ3v) is 6.97. The number of carboxylic acids is 2. The Hall–Kier alpha value is -6.81. The van der Waals surface area contributed by atoms with E-state index in [4.69, 9.17) is 40.3 Å². The van der Waals surface area contributed by atoms with Crippen LogP contribution in [0.5, 0.6) is 23.0 Å². The molecule has 0 saturated carbocycles. The van der Waals surface area contributed by atoms with E-state index in [0.717, 1.165) is 11.6 Å². The Labute approximate surface area is 299 Å². The topological polar surface area (TPSA) is 167 Å². The van der Waals surface area contributed by atoms with E-state index in [0.29, 0.717) is 35.0 Å². The van der Waals surface area contributed by atoms with Crippen LogP contribution in [0.3, 0.4) is 0 Å². The van der Waals surface area contributed by atoms with E-state index < -0.39 is 17.9 Å². The van der Waals surface area contributed by atoms with Gasteiger partial charge in [-0.1, -0.05) is 73.2 Å². The zero-order valence-electron chi connectivity index (χ0n) is 27.7. The number of phenolic OH excluding ortho intramolecular Hbond substituents is 1. The molecule has 0 unspecified atom stereocenters. The van der Waals surface area contributed by atoms with Crippen LogP contribution >= 0.6 is 0 Å². The van der Waals surface area contributed by atoms with Crippen molar-refractivity contribution in [3.63, 3.8) is 0 Å². The third-order valence-electron chi connectivity index (χ3n) is 6.97. The molecular formula is C40H34O12. The van der Waals surface area contributed by atoms with Gasteiger partial charge < -0.3 is 34.3 Å². The Balaban J connectivity index is 0.000000771. The van der Waals surface area contributed by atoms with Crippen molar-refractivity contribution in [1.82, 2.24) is 0 Å². The van der Waals surface area contributed by atoms with Gasteiger partial charge in [-0.25, -0.2) is 24.2 Å². The number of carbonyl (C=O) groups excluding carboxylic acids is 1. The van der Waals surface area contributed by atoms with E-state index in [-0.39, 0.29) is 48.9 Å². The molecule has 0 amide bonds. The van der Waals surface area contributed by atoms with Crippen molar-refractivity contribution in [2.75, 3.05) is 13.2 Å². The summed E-state index contributed by atoms with van der Waals surface area (Å²) in [5.74, 6) is -1.76. The van der Waals surface area contributed by atoms with Crippen LogP contribution in [0, 0.1) is 12.5 Å². The predicted molar refractivity (Wildman–Crippen MR) is 187 cm³/mol. The fourth-order valence-corrected chi connectivity index (χ4v) is 4.42. The van der Waals surface area contributed by atoms with Crippen LogP contribution in [0.4, 0.5) is 0 Å². The van der Waals surface area contributed by atoms with E-state index >= 15 is 0 Å². The number of hydrogen-bond acceptors (Lipinski definition) is 10. The van der Waals surface area contributed by atoms with Crippen molar-refractivity contribution >= 4 is 17.9 Å². The molecule has 266 valence electrons. The van der Waals surface area contributed by atoms with Gasteiger partial charge in [-0.3, -0.25) is 0 Å². The van der Waals surface area contributed by atoms with Crippen molar-refractivity contribution in [3.8, 4) is 35.5 Å². The summed E-state index contributed by atoms with van der Waals surface area (Å²) >= 11 is 0. The summed E-state index contributed by atoms with van der Waals surface area (Å²) in [6, 6.07) is 33.3. The average molecular weight is 707 g/mol. The number of esters is 1. The summed E-state index contributed by atoms with van der Waals surface area (Å²) in [6.45, 7) is 0.386. The van der Waals surface area contributed by atoms with Gasteiger partial charge in [-0.05, 0) is 71.3 Å². The quantitative estimate of drug-likeness (QED) is 0.0320. The molecule has 0 heterocycles. The van der Waals surface area contributed by atoms with Crippen molar-refractivity contribution < 1.29 is 58.4 Å². The SMILES string of the molecule is C#COc1ccc(C(=O)OCc2ccc(COOCc3ccc(OCCOc4ccccc4)cc3C(=O)O)cc2)c(C(=O)O)c1.Oc1ccccc1. The molecule has 3 N–H and O–H groups in total. The zero-order chi connectivity index (χ0) is 37.1. The van der Waals surface area contributed by atoms with E-state index in [2.05, 4.69) is 0 Å². The number of aromatic carboxylic acids is 2. The molecule has 0 aliphatic carbocycles. The number of benzene rings is 5. The van der Waals surface area contributed by atoms with Crippen LogP contribution < -0.4 is 14.2 Å². The largest absolute Gasteiger partial charge is 0.508 e. The van der Waals surface area contributed by atoms with Crippen molar-refractivity contribution in [3.05, 3.63) is 155 Å². The van der Waals surface area contributed by atoms with Gasteiger partial charge in [0.15, 0.2) is 0 Å². The molecule has 5 aromatic carbocycles. The first-order valence-electron chi connectivity index (χ1n) is 15.6. The number of aromatic hydroxyl groups is 1. The van der Waals surface area contributed by atoms with Gasteiger partial charge in [0, 0.05) is 0 Å². The molecule has 0 aromatic heterocycles. The Morgan fingerprint density at radius 1 is 0.577 bits per heavy atom. The van der Waals surface area contributed by atoms with Crippen molar-refractivity contribution in [1.29, 1.82) is 0 Å². The summed E-state index contributed by atoms with van der Waals surface area (Å²) in [7, 11) is 0. The van der Waals surface area contributed by atoms with Gasteiger partial charge in [0.05, 0.1) is 16.7 Å². The number of para-hydroxylation sites is 2. The molecule has 0 aliphatic rings. The molecule has 12 heteroatoms.